The van der Waals surface area contributed by atoms with Gasteiger partial charge >= 0.3 is 6.01 Å². The number of benzene rings is 1. The molecule has 1 aromatic heterocycles. The molecule has 134 valence electrons. The third kappa shape index (κ3) is 5.45. The molecule has 0 amide bonds. The topological polar surface area (TPSA) is 70.5 Å². The summed E-state index contributed by atoms with van der Waals surface area (Å²) in [6.45, 7) is 3.87. The van der Waals surface area contributed by atoms with Crippen molar-refractivity contribution in [2.24, 2.45) is 5.92 Å². The van der Waals surface area contributed by atoms with Gasteiger partial charge in [0, 0.05) is 6.42 Å². The van der Waals surface area contributed by atoms with E-state index in [0.29, 0.717) is 24.6 Å². The summed E-state index contributed by atoms with van der Waals surface area (Å²) in [5.41, 5.74) is 1.12. The van der Waals surface area contributed by atoms with Crippen molar-refractivity contribution in [3.05, 3.63) is 42.0 Å². The van der Waals surface area contributed by atoms with Gasteiger partial charge in [-0.15, -0.1) is 0 Å². The van der Waals surface area contributed by atoms with Crippen molar-refractivity contribution in [1.82, 2.24) is 9.97 Å². The minimum absolute atomic E-state index is 0.0101. The van der Waals surface area contributed by atoms with E-state index in [-0.39, 0.29) is 17.7 Å². The van der Waals surface area contributed by atoms with Crippen molar-refractivity contribution in [3.63, 3.8) is 0 Å². The monoisotopic (exact) mass is 344 g/mol. The molecular formula is C19H24N2O4. The van der Waals surface area contributed by atoms with E-state index in [1.165, 1.54) is 14.2 Å². The maximum Gasteiger partial charge on any atom is 0.323 e. The SMILES string of the molecule is COc1cc(OC)nc(OC(C(=O)CCc2ccccc2)C(C)C)n1. The Morgan fingerprint density at radius 3 is 2.16 bits per heavy atom. The molecule has 0 fully saturated rings. The molecule has 1 aromatic carbocycles. The van der Waals surface area contributed by atoms with Crippen molar-refractivity contribution in [3.8, 4) is 17.8 Å². The normalized spacial score (nSPS) is 11.9. The van der Waals surface area contributed by atoms with Crippen LogP contribution in [0.1, 0.15) is 25.8 Å². The Labute approximate surface area is 148 Å². The number of rotatable bonds is 9. The van der Waals surface area contributed by atoms with Gasteiger partial charge in [-0.25, -0.2) is 0 Å². The molecule has 0 radical (unpaired) electrons. The zero-order valence-corrected chi connectivity index (χ0v) is 15.1. The Hall–Kier alpha value is -2.63. The maximum atomic E-state index is 12.6. The number of carbonyl (C=O) groups excluding carboxylic acids is 1. The summed E-state index contributed by atoms with van der Waals surface area (Å²) in [6, 6.07) is 11.5. The second kappa shape index (κ2) is 9.01. The lowest BCUT2D eigenvalue weighted by Gasteiger charge is -2.20. The fourth-order valence-corrected chi connectivity index (χ4v) is 2.39. The van der Waals surface area contributed by atoms with Gasteiger partial charge in [0.1, 0.15) is 0 Å². The van der Waals surface area contributed by atoms with E-state index in [4.69, 9.17) is 14.2 Å². The number of hydrogen-bond donors (Lipinski definition) is 0. The molecule has 6 heteroatoms. The van der Waals surface area contributed by atoms with Crippen molar-refractivity contribution in [1.29, 1.82) is 0 Å². The van der Waals surface area contributed by atoms with Gasteiger partial charge < -0.3 is 14.2 Å². The van der Waals surface area contributed by atoms with Gasteiger partial charge in [-0.3, -0.25) is 4.79 Å². The van der Waals surface area contributed by atoms with E-state index in [0.717, 1.165) is 5.56 Å². The molecule has 0 bridgehead atoms. The van der Waals surface area contributed by atoms with Crippen molar-refractivity contribution < 1.29 is 19.0 Å². The molecule has 25 heavy (non-hydrogen) atoms. The van der Waals surface area contributed by atoms with Gasteiger partial charge in [0.05, 0.1) is 20.3 Å². The Kier molecular flexibility index (Phi) is 6.74. The third-order valence-electron chi connectivity index (χ3n) is 3.74. The van der Waals surface area contributed by atoms with E-state index in [1.807, 2.05) is 44.2 Å². The van der Waals surface area contributed by atoms with Gasteiger partial charge in [0.25, 0.3) is 0 Å². The number of carbonyl (C=O) groups is 1. The zero-order valence-electron chi connectivity index (χ0n) is 15.1. The summed E-state index contributed by atoms with van der Waals surface area (Å²) in [5, 5.41) is 0. The van der Waals surface area contributed by atoms with E-state index < -0.39 is 6.10 Å². The highest BCUT2D eigenvalue weighted by Crippen LogP contribution is 2.21. The Morgan fingerprint density at radius 1 is 1.04 bits per heavy atom. The van der Waals surface area contributed by atoms with Gasteiger partial charge in [-0.2, -0.15) is 9.97 Å². The summed E-state index contributed by atoms with van der Waals surface area (Å²) in [7, 11) is 2.99. The van der Waals surface area contributed by atoms with Gasteiger partial charge in [0.15, 0.2) is 11.9 Å². The highest BCUT2D eigenvalue weighted by atomic mass is 16.5. The van der Waals surface area contributed by atoms with Crippen LogP contribution in [-0.2, 0) is 11.2 Å². The fraction of sp³-hybridized carbons (Fsp3) is 0.421. The van der Waals surface area contributed by atoms with Gasteiger partial charge in [-0.1, -0.05) is 44.2 Å². The molecule has 1 unspecified atom stereocenters. The quantitative estimate of drug-likeness (QED) is 0.696. The molecule has 2 rings (SSSR count). The molecule has 0 aliphatic rings. The second-order valence-corrected chi connectivity index (χ2v) is 5.97. The molecule has 0 aliphatic carbocycles. The molecule has 0 saturated carbocycles. The number of ether oxygens (including phenoxy) is 3. The average Bonchev–Trinajstić information content (AvgIpc) is 2.64. The minimum Gasteiger partial charge on any atom is -0.481 e. The molecule has 0 N–H and O–H groups in total. The highest BCUT2D eigenvalue weighted by Gasteiger charge is 2.25. The summed E-state index contributed by atoms with van der Waals surface area (Å²) in [6.07, 6.45) is 0.447. The van der Waals surface area contributed by atoms with Crippen LogP contribution in [0.3, 0.4) is 0 Å². The number of Topliss-reactive ketones (excluding diaryl/α,β-unsaturated/α-hetero) is 1. The Balaban J connectivity index is 2.08. The third-order valence-corrected chi connectivity index (χ3v) is 3.74. The predicted molar refractivity (Wildman–Crippen MR) is 94.2 cm³/mol. The number of nitrogens with zero attached hydrogens (tertiary/aromatic N) is 2. The molecule has 0 spiro atoms. The number of ketones is 1. The first-order chi connectivity index (χ1) is 12.0. The van der Waals surface area contributed by atoms with Crippen molar-refractivity contribution in [2.45, 2.75) is 32.8 Å². The second-order valence-electron chi connectivity index (χ2n) is 5.97. The first-order valence-electron chi connectivity index (χ1n) is 8.23. The lowest BCUT2D eigenvalue weighted by Crippen LogP contribution is -2.33. The van der Waals surface area contributed by atoms with Gasteiger partial charge in [-0.05, 0) is 17.9 Å². The van der Waals surface area contributed by atoms with Crippen molar-refractivity contribution in [2.75, 3.05) is 14.2 Å². The Bertz CT molecular complexity index is 667. The number of methoxy groups -OCH3 is 2. The van der Waals surface area contributed by atoms with Crippen LogP contribution < -0.4 is 14.2 Å². The summed E-state index contributed by atoms with van der Waals surface area (Å²) < 4.78 is 16.0. The highest BCUT2D eigenvalue weighted by molar-refractivity contribution is 5.83. The number of aromatic nitrogens is 2. The predicted octanol–water partition coefficient (Wildman–Crippen LogP) is 3.10. The van der Waals surface area contributed by atoms with E-state index in [9.17, 15) is 4.79 Å². The van der Waals surface area contributed by atoms with Gasteiger partial charge in [0.2, 0.25) is 11.8 Å². The van der Waals surface area contributed by atoms with E-state index >= 15 is 0 Å². The summed E-state index contributed by atoms with van der Waals surface area (Å²) in [5.74, 6) is 0.649. The molecule has 0 aliphatic heterocycles. The number of aryl methyl sites for hydroxylation is 1. The summed E-state index contributed by atoms with van der Waals surface area (Å²) >= 11 is 0. The maximum absolute atomic E-state index is 12.6. The minimum atomic E-state index is -0.625. The van der Waals surface area contributed by atoms with Crippen LogP contribution in [0.25, 0.3) is 0 Å². The lowest BCUT2D eigenvalue weighted by atomic mass is 9.98. The van der Waals surface area contributed by atoms with Crippen LogP contribution in [0.15, 0.2) is 36.4 Å². The zero-order chi connectivity index (χ0) is 18.2. The van der Waals surface area contributed by atoms with Crippen LogP contribution in [0.4, 0.5) is 0 Å². The first kappa shape index (κ1) is 18.7. The van der Waals surface area contributed by atoms with Crippen LogP contribution in [0.2, 0.25) is 0 Å². The molecule has 6 nitrogen and oxygen atoms in total. The lowest BCUT2D eigenvalue weighted by molar-refractivity contribution is -0.127. The largest absolute Gasteiger partial charge is 0.481 e. The van der Waals surface area contributed by atoms with Crippen LogP contribution in [0.5, 0.6) is 17.8 Å². The van der Waals surface area contributed by atoms with E-state index in [2.05, 4.69) is 9.97 Å². The average molecular weight is 344 g/mol. The molecule has 1 heterocycles. The molecule has 1 atom stereocenters. The van der Waals surface area contributed by atoms with Crippen LogP contribution in [0, 0.1) is 5.92 Å². The fourth-order valence-electron chi connectivity index (χ4n) is 2.39. The molecule has 2 aromatic rings. The Morgan fingerprint density at radius 2 is 1.64 bits per heavy atom. The van der Waals surface area contributed by atoms with E-state index in [1.54, 1.807) is 6.07 Å². The molecule has 0 saturated heterocycles. The van der Waals surface area contributed by atoms with Crippen LogP contribution in [-0.4, -0.2) is 36.1 Å². The molecular weight excluding hydrogens is 320 g/mol. The standard InChI is InChI=1S/C19H24N2O4/c1-13(2)18(15(22)11-10-14-8-6-5-7-9-14)25-19-20-16(23-3)12-17(21-19)24-4/h5-9,12-13,18H,10-11H2,1-4H3. The van der Waals surface area contributed by atoms with Crippen LogP contribution >= 0.6 is 0 Å². The first-order valence-corrected chi connectivity index (χ1v) is 8.23. The van der Waals surface area contributed by atoms with Crippen molar-refractivity contribution >= 4 is 5.78 Å². The number of hydrogen-bond acceptors (Lipinski definition) is 6. The summed E-state index contributed by atoms with van der Waals surface area (Å²) in [4.78, 5) is 20.9. The smallest absolute Gasteiger partial charge is 0.323 e.